The molecule has 1 amide bonds. The highest BCUT2D eigenvalue weighted by atomic mass is 16.1. The Morgan fingerprint density at radius 1 is 1.64 bits per heavy atom. The van der Waals surface area contributed by atoms with Gasteiger partial charge < -0.3 is 5.32 Å². The van der Waals surface area contributed by atoms with Gasteiger partial charge in [-0.1, -0.05) is 0 Å². The summed E-state index contributed by atoms with van der Waals surface area (Å²) in [5, 5.41) is 10.9. The van der Waals surface area contributed by atoms with Gasteiger partial charge in [0, 0.05) is 18.9 Å². The molecule has 62 valence electrons. The van der Waals surface area contributed by atoms with Crippen LogP contribution in [0.25, 0.3) is 0 Å². The van der Waals surface area contributed by atoms with Crippen LogP contribution in [0.1, 0.15) is 33.1 Å². The van der Waals surface area contributed by atoms with Crippen molar-refractivity contribution in [2.75, 3.05) is 0 Å². The molecule has 0 fully saturated rings. The van der Waals surface area contributed by atoms with Crippen LogP contribution in [0.5, 0.6) is 0 Å². The lowest BCUT2D eigenvalue weighted by molar-refractivity contribution is -0.121. The van der Waals surface area contributed by atoms with E-state index >= 15 is 0 Å². The largest absolute Gasteiger partial charge is 0.354 e. The Balaban J connectivity index is 3.32. The number of nitriles is 1. The number of hydrogen-bond acceptors (Lipinski definition) is 2. The molecule has 0 aromatic heterocycles. The summed E-state index contributed by atoms with van der Waals surface area (Å²) in [4.78, 5) is 10.9. The molecule has 0 heterocycles. The molecule has 0 bridgehead atoms. The molecule has 0 aromatic rings. The summed E-state index contributed by atoms with van der Waals surface area (Å²) in [5.74, 6) is 0.0373. The molecule has 0 aliphatic rings. The average Bonchev–Trinajstić information content (AvgIpc) is 1.86. The van der Waals surface area contributed by atoms with Crippen molar-refractivity contribution in [3.8, 4) is 6.07 Å². The molecule has 0 saturated carbocycles. The Morgan fingerprint density at radius 2 is 2.27 bits per heavy atom. The molecule has 0 atom stereocenters. The van der Waals surface area contributed by atoms with Crippen molar-refractivity contribution < 1.29 is 4.79 Å². The van der Waals surface area contributed by atoms with Crippen LogP contribution in [0.2, 0.25) is 0 Å². The minimum absolute atomic E-state index is 0.0373. The summed E-state index contributed by atoms with van der Waals surface area (Å²) in [6.07, 6.45) is 1.59. The molecular weight excluding hydrogens is 140 g/mol. The van der Waals surface area contributed by atoms with E-state index in [0.717, 1.165) is 0 Å². The highest BCUT2D eigenvalue weighted by Gasteiger charge is 2.01. The van der Waals surface area contributed by atoms with Crippen molar-refractivity contribution in [2.45, 2.75) is 39.2 Å². The standard InChI is InChI=1S/C8H14N2O/c1-7(2)10-8(11)5-3-4-6-9/h7H,3-5H2,1-2H3,(H,10,11). The lowest BCUT2D eigenvalue weighted by Crippen LogP contribution is -2.29. The Bertz CT molecular complexity index is 158. The Hall–Kier alpha value is -1.04. The van der Waals surface area contributed by atoms with E-state index < -0.39 is 0 Å². The summed E-state index contributed by atoms with van der Waals surface area (Å²) in [6.45, 7) is 3.84. The monoisotopic (exact) mass is 154 g/mol. The number of nitrogens with one attached hydrogen (secondary N) is 1. The van der Waals surface area contributed by atoms with Crippen LogP contribution < -0.4 is 5.32 Å². The fourth-order valence-corrected chi connectivity index (χ4v) is 0.722. The number of rotatable bonds is 4. The summed E-state index contributed by atoms with van der Waals surface area (Å²) < 4.78 is 0. The summed E-state index contributed by atoms with van der Waals surface area (Å²) in [5.41, 5.74) is 0. The first kappa shape index (κ1) is 9.96. The first-order valence-corrected chi connectivity index (χ1v) is 3.83. The first-order valence-electron chi connectivity index (χ1n) is 3.83. The van der Waals surface area contributed by atoms with Gasteiger partial charge in [-0.05, 0) is 20.3 Å². The van der Waals surface area contributed by atoms with Gasteiger partial charge in [-0.15, -0.1) is 0 Å². The van der Waals surface area contributed by atoms with Crippen LogP contribution in [0.15, 0.2) is 0 Å². The van der Waals surface area contributed by atoms with Gasteiger partial charge in [0.1, 0.15) is 0 Å². The Morgan fingerprint density at radius 3 is 2.73 bits per heavy atom. The predicted octanol–water partition coefficient (Wildman–Crippen LogP) is 1.20. The second-order valence-corrected chi connectivity index (χ2v) is 2.73. The molecule has 0 saturated heterocycles. The summed E-state index contributed by atoms with van der Waals surface area (Å²) in [7, 11) is 0. The summed E-state index contributed by atoms with van der Waals surface area (Å²) in [6, 6.07) is 2.20. The molecule has 3 heteroatoms. The second-order valence-electron chi connectivity index (χ2n) is 2.73. The maximum atomic E-state index is 10.9. The van der Waals surface area contributed by atoms with Crippen LogP contribution in [0, 0.1) is 11.3 Å². The van der Waals surface area contributed by atoms with E-state index in [1.807, 2.05) is 19.9 Å². The maximum absolute atomic E-state index is 10.9. The number of carbonyl (C=O) groups is 1. The third kappa shape index (κ3) is 6.85. The smallest absolute Gasteiger partial charge is 0.220 e. The molecule has 11 heavy (non-hydrogen) atoms. The van der Waals surface area contributed by atoms with Gasteiger partial charge in [0.25, 0.3) is 0 Å². The van der Waals surface area contributed by atoms with E-state index in [4.69, 9.17) is 5.26 Å². The van der Waals surface area contributed by atoms with Gasteiger partial charge in [-0.3, -0.25) is 4.79 Å². The molecule has 0 aliphatic carbocycles. The average molecular weight is 154 g/mol. The third-order valence-electron chi connectivity index (χ3n) is 1.14. The predicted molar refractivity (Wildman–Crippen MR) is 42.7 cm³/mol. The van der Waals surface area contributed by atoms with Crippen LogP contribution in [-0.2, 0) is 4.79 Å². The number of nitrogens with zero attached hydrogens (tertiary/aromatic N) is 1. The molecule has 0 unspecified atom stereocenters. The van der Waals surface area contributed by atoms with Crippen LogP contribution >= 0.6 is 0 Å². The van der Waals surface area contributed by atoms with E-state index in [1.54, 1.807) is 0 Å². The number of carbonyl (C=O) groups excluding carboxylic acids is 1. The molecule has 0 aliphatic heterocycles. The van der Waals surface area contributed by atoms with Crippen molar-refractivity contribution in [2.24, 2.45) is 0 Å². The molecule has 0 rings (SSSR count). The van der Waals surface area contributed by atoms with Gasteiger partial charge in [-0.25, -0.2) is 0 Å². The van der Waals surface area contributed by atoms with Crippen molar-refractivity contribution in [3.63, 3.8) is 0 Å². The molecule has 1 N–H and O–H groups in total. The highest BCUT2D eigenvalue weighted by Crippen LogP contribution is 1.93. The van der Waals surface area contributed by atoms with Gasteiger partial charge in [0.2, 0.25) is 5.91 Å². The SMILES string of the molecule is CC(C)NC(=O)CCCC#N. The third-order valence-corrected chi connectivity index (χ3v) is 1.14. The zero-order valence-electron chi connectivity index (χ0n) is 7.05. The number of unbranched alkanes of at least 4 members (excludes halogenated alkanes) is 1. The lowest BCUT2D eigenvalue weighted by Gasteiger charge is -2.06. The van der Waals surface area contributed by atoms with Crippen LogP contribution in [0.3, 0.4) is 0 Å². The minimum atomic E-state index is 0.0373. The van der Waals surface area contributed by atoms with Gasteiger partial charge >= 0.3 is 0 Å². The Kier molecular flexibility index (Phi) is 5.18. The number of hydrogen-bond donors (Lipinski definition) is 1. The fourth-order valence-electron chi connectivity index (χ4n) is 0.722. The second kappa shape index (κ2) is 5.72. The highest BCUT2D eigenvalue weighted by molar-refractivity contribution is 5.76. The van der Waals surface area contributed by atoms with Crippen molar-refractivity contribution in [3.05, 3.63) is 0 Å². The van der Waals surface area contributed by atoms with E-state index in [0.29, 0.717) is 19.3 Å². The van der Waals surface area contributed by atoms with Crippen molar-refractivity contribution in [1.29, 1.82) is 5.26 Å². The zero-order chi connectivity index (χ0) is 8.69. The van der Waals surface area contributed by atoms with Crippen molar-refractivity contribution >= 4 is 5.91 Å². The van der Waals surface area contributed by atoms with Gasteiger partial charge in [0.05, 0.1) is 6.07 Å². The van der Waals surface area contributed by atoms with E-state index in [1.165, 1.54) is 0 Å². The first-order chi connectivity index (χ1) is 5.16. The van der Waals surface area contributed by atoms with Crippen LogP contribution in [0.4, 0.5) is 0 Å². The lowest BCUT2D eigenvalue weighted by atomic mass is 10.2. The van der Waals surface area contributed by atoms with Crippen LogP contribution in [-0.4, -0.2) is 11.9 Å². The molecule has 3 nitrogen and oxygen atoms in total. The van der Waals surface area contributed by atoms with Gasteiger partial charge in [-0.2, -0.15) is 5.26 Å². The minimum Gasteiger partial charge on any atom is -0.354 e. The van der Waals surface area contributed by atoms with Gasteiger partial charge in [0.15, 0.2) is 0 Å². The van der Waals surface area contributed by atoms with E-state index in [9.17, 15) is 4.79 Å². The maximum Gasteiger partial charge on any atom is 0.220 e. The summed E-state index contributed by atoms with van der Waals surface area (Å²) >= 11 is 0. The van der Waals surface area contributed by atoms with E-state index in [2.05, 4.69) is 5.32 Å². The molecular formula is C8H14N2O. The molecule has 0 spiro atoms. The topological polar surface area (TPSA) is 52.9 Å². The van der Waals surface area contributed by atoms with Crippen molar-refractivity contribution in [1.82, 2.24) is 5.32 Å². The fraction of sp³-hybridized carbons (Fsp3) is 0.750. The quantitative estimate of drug-likeness (QED) is 0.619. The Labute approximate surface area is 67.4 Å². The molecule has 0 aromatic carbocycles. The van der Waals surface area contributed by atoms with E-state index in [-0.39, 0.29) is 11.9 Å². The normalized spacial score (nSPS) is 9.27. The molecule has 0 radical (unpaired) electrons. The zero-order valence-corrected chi connectivity index (χ0v) is 7.05. The number of amides is 1.